The molecule has 0 rings (SSSR count). The molecule has 0 unspecified atom stereocenters. The summed E-state index contributed by atoms with van der Waals surface area (Å²) in [6.45, 7) is 0. The van der Waals surface area contributed by atoms with Crippen molar-refractivity contribution in [3.63, 3.8) is 0 Å². The van der Waals surface area contributed by atoms with Gasteiger partial charge in [0.25, 0.3) is 0 Å². The molecule has 0 aromatic carbocycles. The van der Waals surface area contributed by atoms with Crippen LogP contribution in [-0.2, 0) is 25.2 Å². The Morgan fingerprint density at radius 3 is 2.00 bits per heavy atom. The van der Waals surface area contributed by atoms with Crippen molar-refractivity contribution in [1.82, 2.24) is 0 Å². The van der Waals surface area contributed by atoms with Crippen LogP contribution in [-0.4, -0.2) is 13.2 Å². The summed E-state index contributed by atoms with van der Waals surface area (Å²) in [5.41, 5.74) is 5.97. The third kappa shape index (κ3) is 9.06. The number of amides is 1. The summed E-state index contributed by atoms with van der Waals surface area (Å²) >= 11 is 0. The molecule has 0 fully saturated rings. The third-order valence-electron chi connectivity index (χ3n) is 0.185. The molecule has 0 spiro atoms. The molecule has 4 heteroatoms. The maximum absolute atomic E-state index is 9.26. The van der Waals surface area contributed by atoms with Gasteiger partial charge in [-0.05, 0) is 0 Å². The van der Waals surface area contributed by atoms with E-state index in [9.17, 15) is 4.79 Å². The van der Waals surface area contributed by atoms with Crippen LogP contribution in [0.2, 0.25) is 0 Å². The molecular formula is C2H4NO2Re-. The largest absolute Gasteiger partial charge is 0.632 e. The second-order valence-electron chi connectivity index (χ2n) is 0.492. The van der Waals surface area contributed by atoms with Crippen molar-refractivity contribution in [3.05, 3.63) is 5.73 Å². The van der Waals surface area contributed by atoms with E-state index in [0.717, 1.165) is 7.11 Å². The first kappa shape index (κ1) is 9.33. The van der Waals surface area contributed by atoms with Gasteiger partial charge in [-0.1, -0.05) is 0 Å². The minimum Gasteiger partial charge on any atom is -0.632 e. The summed E-state index contributed by atoms with van der Waals surface area (Å²) < 4.78 is 3.78. The van der Waals surface area contributed by atoms with E-state index in [1.54, 1.807) is 0 Å². The van der Waals surface area contributed by atoms with Crippen LogP contribution in [0.4, 0.5) is 4.79 Å². The van der Waals surface area contributed by atoms with Crippen molar-refractivity contribution in [2.75, 3.05) is 7.11 Å². The van der Waals surface area contributed by atoms with E-state index in [-0.39, 0.29) is 20.4 Å². The van der Waals surface area contributed by atoms with Crippen LogP contribution in [0, 0.1) is 0 Å². The smallest absolute Gasteiger partial charge is 0.226 e. The Morgan fingerprint density at radius 1 is 1.83 bits per heavy atom. The number of ether oxygens (including phenoxy) is 1. The van der Waals surface area contributed by atoms with Crippen molar-refractivity contribution < 1.29 is 30.0 Å². The molecule has 1 N–H and O–H groups in total. The van der Waals surface area contributed by atoms with Gasteiger partial charge in [-0.3, -0.25) is 4.79 Å². The molecule has 0 heterocycles. The molecule has 0 aromatic rings. The van der Waals surface area contributed by atoms with Crippen LogP contribution in [0.25, 0.3) is 5.73 Å². The van der Waals surface area contributed by atoms with Crippen LogP contribution in [0.15, 0.2) is 0 Å². The molecule has 1 amide bonds. The first-order valence-electron chi connectivity index (χ1n) is 1.07. The van der Waals surface area contributed by atoms with Gasteiger partial charge in [-0.15, -0.1) is 0 Å². The summed E-state index contributed by atoms with van der Waals surface area (Å²) in [5.74, 6) is 0. The summed E-state index contributed by atoms with van der Waals surface area (Å²) in [4.78, 5) is 9.26. The van der Waals surface area contributed by atoms with Crippen molar-refractivity contribution in [3.8, 4) is 0 Å². The SMILES string of the molecule is COC([NH-])=O.[Re]. The van der Waals surface area contributed by atoms with Crippen LogP contribution >= 0.6 is 0 Å². The van der Waals surface area contributed by atoms with Gasteiger partial charge in [0.05, 0.1) is 7.11 Å². The average Bonchev–Trinajstić information content (AvgIpc) is 1.38. The Hall–Kier alpha value is -0.0677. The molecule has 0 bridgehead atoms. The first-order valence-corrected chi connectivity index (χ1v) is 1.07. The van der Waals surface area contributed by atoms with E-state index >= 15 is 0 Å². The van der Waals surface area contributed by atoms with Crippen LogP contribution < -0.4 is 0 Å². The second-order valence-corrected chi connectivity index (χ2v) is 0.492. The molecule has 3 nitrogen and oxygen atoms in total. The zero-order chi connectivity index (χ0) is 4.28. The Bertz CT molecular complexity index is 46.8. The molecular weight excluding hydrogens is 256 g/mol. The summed E-state index contributed by atoms with van der Waals surface area (Å²) in [5, 5.41) is 0. The topological polar surface area (TPSA) is 50.1 Å². The molecule has 0 aliphatic heterocycles. The van der Waals surface area contributed by atoms with Gasteiger partial charge < -0.3 is 10.5 Å². The zero-order valence-electron chi connectivity index (χ0n) is 3.19. The number of nitrogens with one attached hydrogen (secondary N) is 1. The monoisotopic (exact) mass is 261 g/mol. The number of carbonyl (C=O) groups excluding carboxylic acids is 1. The van der Waals surface area contributed by atoms with E-state index in [2.05, 4.69) is 4.74 Å². The predicted molar refractivity (Wildman–Crippen MR) is 16.7 cm³/mol. The maximum atomic E-state index is 9.26. The van der Waals surface area contributed by atoms with E-state index in [1.165, 1.54) is 0 Å². The number of hydrogen-bond donors (Lipinski definition) is 0. The number of methoxy groups -OCH3 is 1. The molecule has 0 saturated heterocycles. The van der Waals surface area contributed by atoms with Gasteiger partial charge in [0.1, 0.15) is 0 Å². The van der Waals surface area contributed by atoms with E-state index < -0.39 is 6.09 Å². The molecule has 0 aromatic heterocycles. The number of carbonyl (C=O) groups is 1. The maximum Gasteiger partial charge on any atom is 0.226 e. The predicted octanol–water partition coefficient (Wildman–Crippen LogP) is 0.802. The fraction of sp³-hybridized carbons (Fsp3) is 0.500. The van der Waals surface area contributed by atoms with Crippen molar-refractivity contribution in [2.24, 2.45) is 0 Å². The Morgan fingerprint density at radius 2 is 2.00 bits per heavy atom. The Labute approximate surface area is 49.5 Å². The molecule has 0 aliphatic carbocycles. The van der Waals surface area contributed by atoms with Gasteiger partial charge in [-0.2, -0.15) is 0 Å². The van der Waals surface area contributed by atoms with Gasteiger partial charge in [-0.25, -0.2) is 0 Å². The second kappa shape index (κ2) is 4.93. The van der Waals surface area contributed by atoms with Gasteiger partial charge >= 0.3 is 0 Å². The number of hydrogen-bond acceptors (Lipinski definition) is 2. The quantitative estimate of drug-likeness (QED) is 0.647. The summed E-state index contributed by atoms with van der Waals surface area (Å²) in [6.07, 6.45) is -0.995. The standard InChI is InChI=1S/C2H5NO2.Re/c1-5-2(3)4;/h1H3,(H2,3,4);/p-1. The third-order valence-corrected chi connectivity index (χ3v) is 0.185. The van der Waals surface area contributed by atoms with Gasteiger partial charge in [0.2, 0.25) is 6.09 Å². The molecule has 0 atom stereocenters. The van der Waals surface area contributed by atoms with Gasteiger partial charge in [0.15, 0.2) is 0 Å². The van der Waals surface area contributed by atoms with Crippen LogP contribution in [0.1, 0.15) is 0 Å². The van der Waals surface area contributed by atoms with Crippen molar-refractivity contribution >= 4 is 6.09 Å². The molecule has 6 heavy (non-hydrogen) atoms. The minimum atomic E-state index is -0.995. The van der Waals surface area contributed by atoms with E-state index in [1.807, 2.05) is 0 Å². The minimum absolute atomic E-state index is 0. The fourth-order valence-corrected chi connectivity index (χ4v) is 0. The molecule has 1 radical (unpaired) electrons. The normalized spacial score (nSPS) is 5.50. The zero-order valence-corrected chi connectivity index (χ0v) is 5.91. The molecule has 0 aliphatic rings. The van der Waals surface area contributed by atoms with Crippen molar-refractivity contribution in [2.45, 2.75) is 0 Å². The molecule has 37 valence electrons. The summed E-state index contributed by atoms with van der Waals surface area (Å²) in [7, 11) is 1.16. The molecule has 0 saturated carbocycles. The van der Waals surface area contributed by atoms with E-state index in [4.69, 9.17) is 5.73 Å². The van der Waals surface area contributed by atoms with Crippen LogP contribution in [0.3, 0.4) is 0 Å². The Kier molecular flexibility index (Phi) is 7.67. The van der Waals surface area contributed by atoms with Gasteiger partial charge in [0, 0.05) is 20.4 Å². The average molecular weight is 260 g/mol. The summed E-state index contributed by atoms with van der Waals surface area (Å²) in [6, 6.07) is 0. The Balaban J connectivity index is 0. The van der Waals surface area contributed by atoms with Crippen molar-refractivity contribution in [1.29, 1.82) is 0 Å². The fourth-order valence-electron chi connectivity index (χ4n) is 0. The number of rotatable bonds is 0. The van der Waals surface area contributed by atoms with Crippen LogP contribution in [0.5, 0.6) is 0 Å². The van der Waals surface area contributed by atoms with E-state index in [0.29, 0.717) is 0 Å². The first-order chi connectivity index (χ1) is 2.27.